The van der Waals surface area contributed by atoms with Crippen LogP contribution in [0, 0.1) is 0 Å². The van der Waals surface area contributed by atoms with Crippen LogP contribution in [-0.4, -0.2) is 40.5 Å². The molecule has 0 saturated carbocycles. The van der Waals surface area contributed by atoms with Crippen molar-refractivity contribution >= 4 is 11.9 Å². The summed E-state index contributed by atoms with van der Waals surface area (Å²) in [5.41, 5.74) is 2.08. The molecular formula is C15H18N2O3. The van der Waals surface area contributed by atoms with Crippen LogP contribution in [-0.2, 0) is 22.6 Å². The second kappa shape index (κ2) is 5.25. The Morgan fingerprint density at radius 3 is 2.65 bits per heavy atom. The molecule has 106 valence electrons. The molecule has 1 aromatic rings. The fourth-order valence-electron chi connectivity index (χ4n) is 3.07. The lowest BCUT2D eigenvalue weighted by Gasteiger charge is -2.36. The molecule has 1 amide bonds. The molecule has 2 heterocycles. The maximum absolute atomic E-state index is 12.5. The highest BCUT2D eigenvalue weighted by Gasteiger charge is 2.37. The lowest BCUT2D eigenvalue weighted by molar-refractivity contribution is -0.152. The van der Waals surface area contributed by atoms with E-state index in [1.807, 2.05) is 24.3 Å². The van der Waals surface area contributed by atoms with Crippen LogP contribution < -0.4 is 5.32 Å². The van der Waals surface area contributed by atoms with Crippen LogP contribution in [0.5, 0.6) is 0 Å². The van der Waals surface area contributed by atoms with Crippen molar-refractivity contribution in [1.29, 1.82) is 0 Å². The van der Waals surface area contributed by atoms with Crippen molar-refractivity contribution in [2.75, 3.05) is 6.54 Å². The van der Waals surface area contributed by atoms with Gasteiger partial charge in [0.1, 0.15) is 6.04 Å². The van der Waals surface area contributed by atoms with E-state index >= 15 is 0 Å². The predicted molar refractivity (Wildman–Crippen MR) is 73.1 cm³/mol. The maximum atomic E-state index is 12.5. The van der Waals surface area contributed by atoms with E-state index in [-0.39, 0.29) is 11.9 Å². The summed E-state index contributed by atoms with van der Waals surface area (Å²) in [7, 11) is 0. The van der Waals surface area contributed by atoms with Crippen LogP contribution in [0.15, 0.2) is 24.3 Å². The minimum Gasteiger partial charge on any atom is -0.480 e. The predicted octanol–water partition coefficient (Wildman–Crippen LogP) is 0.776. The SMILES string of the molecule is O=C(O)C1Cc2ccccc2CN1C(=O)C1CCCN1. The van der Waals surface area contributed by atoms with Gasteiger partial charge < -0.3 is 15.3 Å². The molecule has 1 aromatic carbocycles. The fourth-order valence-corrected chi connectivity index (χ4v) is 3.07. The fraction of sp³-hybridized carbons (Fsp3) is 0.467. The summed E-state index contributed by atoms with van der Waals surface area (Å²) in [5, 5.41) is 12.6. The van der Waals surface area contributed by atoms with E-state index in [0.717, 1.165) is 30.5 Å². The van der Waals surface area contributed by atoms with E-state index in [9.17, 15) is 14.7 Å². The lowest BCUT2D eigenvalue weighted by Crippen LogP contribution is -2.53. The van der Waals surface area contributed by atoms with E-state index in [1.54, 1.807) is 0 Å². The molecule has 1 fully saturated rings. The van der Waals surface area contributed by atoms with E-state index in [1.165, 1.54) is 4.90 Å². The number of carboxylic acid groups (broad SMARTS) is 1. The Morgan fingerprint density at radius 1 is 1.25 bits per heavy atom. The molecule has 0 aliphatic carbocycles. The Hall–Kier alpha value is -1.88. The third-order valence-corrected chi connectivity index (χ3v) is 4.18. The number of carbonyl (C=O) groups is 2. The maximum Gasteiger partial charge on any atom is 0.326 e. The number of hydrogen-bond donors (Lipinski definition) is 2. The molecule has 2 aliphatic heterocycles. The van der Waals surface area contributed by atoms with Gasteiger partial charge in [0.25, 0.3) is 0 Å². The molecule has 0 aromatic heterocycles. The Labute approximate surface area is 117 Å². The molecule has 0 radical (unpaired) electrons. The third kappa shape index (κ3) is 2.29. The summed E-state index contributed by atoms with van der Waals surface area (Å²) in [4.78, 5) is 25.5. The Kier molecular flexibility index (Phi) is 3.44. The first kappa shape index (κ1) is 13.1. The molecule has 2 unspecified atom stereocenters. The normalized spacial score (nSPS) is 25.3. The minimum absolute atomic E-state index is 0.0793. The number of nitrogens with zero attached hydrogens (tertiary/aromatic N) is 1. The number of amides is 1. The van der Waals surface area contributed by atoms with Crippen molar-refractivity contribution in [2.45, 2.75) is 37.9 Å². The number of carboxylic acids is 1. The highest BCUT2D eigenvalue weighted by molar-refractivity contribution is 5.88. The smallest absolute Gasteiger partial charge is 0.326 e. The Balaban J connectivity index is 1.88. The number of nitrogens with one attached hydrogen (secondary N) is 1. The average Bonchev–Trinajstić information content (AvgIpc) is 2.99. The molecule has 3 rings (SSSR count). The van der Waals surface area contributed by atoms with E-state index in [2.05, 4.69) is 5.32 Å². The highest BCUT2D eigenvalue weighted by atomic mass is 16.4. The summed E-state index contributed by atoms with van der Waals surface area (Å²) in [6, 6.07) is 6.78. The molecule has 1 saturated heterocycles. The monoisotopic (exact) mass is 274 g/mol. The van der Waals surface area contributed by atoms with Crippen molar-refractivity contribution in [3.63, 3.8) is 0 Å². The van der Waals surface area contributed by atoms with Crippen LogP contribution in [0.1, 0.15) is 24.0 Å². The molecule has 2 N–H and O–H groups in total. The van der Waals surface area contributed by atoms with Gasteiger partial charge in [0.05, 0.1) is 6.04 Å². The highest BCUT2D eigenvalue weighted by Crippen LogP contribution is 2.25. The molecule has 5 nitrogen and oxygen atoms in total. The number of rotatable bonds is 2. The van der Waals surface area contributed by atoms with Crippen LogP contribution in [0.3, 0.4) is 0 Å². The average molecular weight is 274 g/mol. The van der Waals surface area contributed by atoms with Gasteiger partial charge in [0.2, 0.25) is 5.91 Å². The second-order valence-electron chi connectivity index (χ2n) is 5.44. The molecule has 0 bridgehead atoms. The first-order valence-electron chi connectivity index (χ1n) is 7.00. The van der Waals surface area contributed by atoms with Crippen molar-refractivity contribution < 1.29 is 14.7 Å². The third-order valence-electron chi connectivity index (χ3n) is 4.18. The van der Waals surface area contributed by atoms with E-state index in [4.69, 9.17) is 0 Å². The second-order valence-corrected chi connectivity index (χ2v) is 5.44. The van der Waals surface area contributed by atoms with Crippen molar-refractivity contribution in [2.24, 2.45) is 0 Å². The summed E-state index contributed by atoms with van der Waals surface area (Å²) < 4.78 is 0. The molecule has 5 heteroatoms. The Bertz CT molecular complexity index is 538. The van der Waals surface area contributed by atoms with E-state index < -0.39 is 12.0 Å². The number of carbonyl (C=O) groups excluding carboxylic acids is 1. The molecular weight excluding hydrogens is 256 g/mol. The molecule has 20 heavy (non-hydrogen) atoms. The van der Waals surface area contributed by atoms with Crippen molar-refractivity contribution in [3.05, 3.63) is 35.4 Å². The minimum atomic E-state index is -0.925. The summed E-state index contributed by atoms with van der Waals surface area (Å²) in [6.07, 6.45) is 2.16. The van der Waals surface area contributed by atoms with Gasteiger partial charge in [-0.25, -0.2) is 4.79 Å². The van der Waals surface area contributed by atoms with Gasteiger partial charge in [0, 0.05) is 13.0 Å². The topological polar surface area (TPSA) is 69.6 Å². The number of benzene rings is 1. The quantitative estimate of drug-likeness (QED) is 0.836. The van der Waals surface area contributed by atoms with Crippen LogP contribution in [0.25, 0.3) is 0 Å². The van der Waals surface area contributed by atoms with Crippen LogP contribution in [0.4, 0.5) is 0 Å². The molecule has 0 spiro atoms. The van der Waals surface area contributed by atoms with Gasteiger partial charge in [-0.2, -0.15) is 0 Å². The first-order valence-corrected chi connectivity index (χ1v) is 7.00. The summed E-state index contributed by atoms with van der Waals surface area (Å²) in [5.74, 6) is -1.00. The number of fused-ring (bicyclic) bond motifs is 1. The van der Waals surface area contributed by atoms with Crippen LogP contribution >= 0.6 is 0 Å². The summed E-state index contributed by atoms with van der Waals surface area (Å²) in [6.45, 7) is 1.22. The Morgan fingerprint density at radius 2 is 2.00 bits per heavy atom. The zero-order valence-corrected chi connectivity index (χ0v) is 11.2. The zero-order chi connectivity index (χ0) is 14.1. The lowest BCUT2D eigenvalue weighted by atomic mass is 9.93. The number of aliphatic carboxylic acids is 1. The van der Waals surface area contributed by atoms with E-state index in [0.29, 0.717) is 13.0 Å². The van der Waals surface area contributed by atoms with Gasteiger partial charge in [-0.15, -0.1) is 0 Å². The van der Waals surface area contributed by atoms with Gasteiger partial charge in [-0.1, -0.05) is 24.3 Å². The van der Waals surface area contributed by atoms with Gasteiger partial charge in [-0.05, 0) is 30.5 Å². The van der Waals surface area contributed by atoms with Gasteiger partial charge >= 0.3 is 5.97 Å². The van der Waals surface area contributed by atoms with Crippen LogP contribution in [0.2, 0.25) is 0 Å². The zero-order valence-electron chi connectivity index (χ0n) is 11.2. The first-order chi connectivity index (χ1) is 9.66. The van der Waals surface area contributed by atoms with Crippen molar-refractivity contribution in [3.8, 4) is 0 Å². The molecule has 2 atom stereocenters. The van der Waals surface area contributed by atoms with Crippen molar-refractivity contribution in [1.82, 2.24) is 10.2 Å². The summed E-state index contributed by atoms with van der Waals surface area (Å²) >= 11 is 0. The van der Waals surface area contributed by atoms with Gasteiger partial charge in [0.15, 0.2) is 0 Å². The standard InChI is InChI=1S/C15H18N2O3/c18-14(12-6-3-7-16-12)17-9-11-5-2-1-4-10(11)8-13(17)15(19)20/h1-2,4-5,12-13,16H,3,6-9H2,(H,19,20). The molecule has 2 aliphatic rings. The number of hydrogen-bond acceptors (Lipinski definition) is 3. The largest absolute Gasteiger partial charge is 0.480 e. The van der Waals surface area contributed by atoms with Gasteiger partial charge in [-0.3, -0.25) is 4.79 Å².